The monoisotopic (exact) mass is 263 g/mol. The van der Waals surface area contributed by atoms with Crippen LogP contribution < -0.4 is 15.4 Å². The lowest BCUT2D eigenvalue weighted by Crippen LogP contribution is -2.21. The van der Waals surface area contributed by atoms with Crippen LogP contribution in [0.1, 0.15) is 19.6 Å². The minimum Gasteiger partial charge on any atom is -0.467 e. The summed E-state index contributed by atoms with van der Waals surface area (Å²) >= 11 is 0. The van der Waals surface area contributed by atoms with E-state index in [1.807, 2.05) is 37.9 Å². The molecule has 0 amide bonds. The SMILES string of the molecule is CC(C)Oc1nc(N)nc(N(C)Cc2ccco2)n1. The maximum Gasteiger partial charge on any atom is 0.323 e. The first-order valence-electron chi connectivity index (χ1n) is 5.96. The van der Waals surface area contributed by atoms with Crippen molar-refractivity contribution in [3.63, 3.8) is 0 Å². The largest absolute Gasteiger partial charge is 0.467 e. The number of nitrogen functional groups attached to an aromatic ring is 1. The van der Waals surface area contributed by atoms with Crippen LogP contribution in [-0.4, -0.2) is 28.1 Å². The van der Waals surface area contributed by atoms with E-state index >= 15 is 0 Å². The van der Waals surface area contributed by atoms with E-state index in [0.29, 0.717) is 12.5 Å². The Labute approximate surface area is 111 Å². The first kappa shape index (κ1) is 13.1. The van der Waals surface area contributed by atoms with Crippen LogP contribution in [0.15, 0.2) is 22.8 Å². The van der Waals surface area contributed by atoms with Crippen molar-refractivity contribution in [2.75, 3.05) is 17.7 Å². The molecule has 2 heterocycles. The van der Waals surface area contributed by atoms with Crippen LogP contribution in [0.4, 0.5) is 11.9 Å². The second-order valence-electron chi connectivity index (χ2n) is 4.38. The highest BCUT2D eigenvalue weighted by molar-refractivity contribution is 5.35. The fraction of sp³-hybridized carbons (Fsp3) is 0.417. The summed E-state index contributed by atoms with van der Waals surface area (Å²) < 4.78 is 10.7. The van der Waals surface area contributed by atoms with Gasteiger partial charge in [0, 0.05) is 7.05 Å². The number of rotatable bonds is 5. The third-order valence-corrected chi connectivity index (χ3v) is 2.28. The minimum atomic E-state index is -0.0231. The Morgan fingerprint density at radius 2 is 2.16 bits per heavy atom. The van der Waals surface area contributed by atoms with Gasteiger partial charge in [-0.05, 0) is 26.0 Å². The Hall–Kier alpha value is -2.31. The van der Waals surface area contributed by atoms with E-state index < -0.39 is 0 Å². The van der Waals surface area contributed by atoms with Gasteiger partial charge in [-0.25, -0.2) is 0 Å². The number of aromatic nitrogens is 3. The molecule has 2 N–H and O–H groups in total. The fourth-order valence-electron chi connectivity index (χ4n) is 1.50. The summed E-state index contributed by atoms with van der Waals surface area (Å²) in [5, 5.41) is 0. The second kappa shape index (κ2) is 5.55. The molecule has 0 aliphatic carbocycles. The standard InChI is InChI=1S/C12H17N5O2/c1-8(2)19-12-15-10(13)14-11(16-12)17(3)7-9-5-4-6-18-9/h4-6,8H,7H2,1-3H3,(H2,13,14,15,16). The van der Waals surface area contributed by atoms with Crippen LogP contribution in [-0.2, 0) is 6.54 Å². The van der Waals surface area contributed by atoms with Gasteiger partial charge in [-0.2, -0.15) is 15.0 Å². The van der Waals surface area contributed by atoms with E-state index in [-0.39, 0.29) is 18.1 Å². The van der Waals surface area contributed by atoms with Crippen molar-refractivity contribution in [1.29, 1.82) is 0 Å². The molecule has 2 rings (SSSR count). The molecule has 7 nitrogen and oxygen atoms in total. The summed E-state index contributed by atoms with van der Waals surface area (Å²) in [5.41, 5.74) is 5.65. The van der Waals surface area contributed by atoms with E-state index in [0.717, 1.165) is 5.76 Å². The molecular formula is C12H17N5O2. The highest BCUT2D eigenvalue weighted by Crippen LogP contribution is 2.15. The van der Waals surface area contributed by atoms with Gasteiger partial charge in [0.05, 0.1) is 18.9 Å². The molecule has 0 saturated heterocycles. The van der Waals surface area contributed by atoms with Gasteiger partial charge < -0.3 is 19.8 Å². The van der Waals surface area contributed by atoms with Crippen molar-refractivity contribution in [3.05, 3.63) is 24.2 Å². The maximum atomic E-state index is 5.65. The van der Waals surface area contributed by atoms with Crippen molar-refractivity contribution in [3.8, 4) is 6.01 Å². The zero-order valence-electron chi connectivity index (χ0n) is 11.2. The Kier molecular flexibility index (Phi) is 3.84. The lowest BCUT2D eigenvalue weighted by atomic mass is 10.4. The molecule has 2 aromatic rings. The summed E-state index contributed by atoms with van der Waals surface area (Å²) in [5.74, 6) is 1.39. The number of hydrogen-bond donors (Lipinski definition) is 1. The summed E-state index contributed by atoms with van der Waals surface area (Å²) in [6.07, 6.45) is 1.60. The lowest BCUT2D eigenvalue weighted by Gasteiger charge is -2.16. The van der Waals surface area contributed by atoms with Gasteiger partial charge >= 0.3 is 6.01 Å². The van der Waals surface area contributed by atoms with Crippen LogP contribution in [0.5, 0.6) is 6.01 Å². The second-order valence-corrected chi connectivity index (χ2v) is 4.38. The number of ether oxygens (including phenoxy) is 1. The van der Waals surface area contributed by atoms with Gasteiger partial charge in [0.2, 0.25) is 11.9 Å². The summed E-state index contributed by atoms with van der Waals surface area (Å²) in [4.78, 5) is 14.0. The highest BCUT2D eigenvalue weighted by Gasteiger charge is 2.12. The molecule has 0 saturated carbocycles. The van der Waals surface area contributed by atoms with Crippen molar-refractivity contribution in [2.45, 2.75) is 26.5 Å². The number of anilines is 2. The van der Waals surface area contributed by atoms with Crippen LogP contribution in [0.3, 0.4) is 0 Å². The molecule has 0 aliphatic heterocycles. The minimum absolute atomic E-state index is 0.0231. The molecule has 2 aromatic heterocycles. The highest BCUT2D eigenvalue weighted by atomic mass is 16.5. The molecule has 102 valence electrons. The van der Waals surface area contributed by atoms with Gasteiger partial charge in [-0.3, -0.25) is 0 Å². The van der Waals surface area contributed by atoms with Gasteiger partial charge in [0.25, 0.3) is 0 Å². The van der Waals surface area contributed by atoms with E-state index in [1.54, 1.807) is 6.26 Å². The maximum absolute atomic E-state index is 5.65. The van der Waals surface area contributed by atoms with Crippen molar-refractivity contribution < 1.29 is 9.15 Å². The molecule has 19 heavy (non-hydrogen) atoms. The molecule has 7 heteroatoms. The molecule has 0 atom stereocenters. The molecule has 0 fully saturated rings. The van der Waals surface area contributed by atoms with Gasteiger partial charge in [-0.1, -0.05) is 0 Å². The molecule has 0 radical (unpaired) electrons. The lowest BCUT2D eigenvalue weighted by molar-refractivity contribution is 0.222. The topological polar surface area (TPSA) is 90.3 Å². The molecule has 0 unspecified atom stereocenters. The van der Waals surface area contributed by atoms with Crippen LogP contribution in [0.25, 0.3) is 0 Å². The summed E-state index contributed by atoms with van der Waals surface area (Å²) in [7, 11) is 1.84. The summed E-state index contributed by atoms with van der Waals surface area (Å²) in [6, 6.07) is 3.94. The Morgan fingerprint density at radius 1 is 1.37 bits per heavy atom. The third kappa shape index (κ3) is 3.57. The summed E-state index contributed by atoms with van der Waals surface area (Å²) in [6.45, 7) is 4.33. The van der Waals surface area contributed by atoms with Gasteiger partial charge in [0.1, 0.15) is 5.76 Å². The predicted octanol–water partition coefficient (Wildman–Crippen LogP) is 1.47. The van der Waals surface area contributed by atoms with Gasteiger partial charge in [0.15, 0.2) is 0 Å². The Morgan fingerprint density at radius 3 is 2.79 bits per heavy atom. The smallest absolute Gasteiger partial charge is 0.323 e. The number of nitrogens with zero attached hydrogens (tertiary/aromatic N) is 4. The number of hydrogen-bond acceptors (Lipinski definition) is 7. The fourth-order valence-corrected chi connectivity index (χ4v) is 1.50. The number of furan rings is 1. The molecule has 0 bridgehead atoms. The Bertz CT molecular complexity index is 527. The van der Waals surface area contributed by atoms with E-state index in [4.69, 9.17) is 14.9 Å². The normalized spacial score (nSPS) is 10.7. The average molecular weight is 263 g/mol. The van der Waals surface area contributed by atoms with E-state index in [2.05, 4.69) is 15.0 Å². The average Bonchev–Trinajstić information content (AvgIpc) is 2.80. The Balaban J connectivity index is 2.16. The number of nitrogens with two attached hydrogens (primary N) is 1. The third-order valence-electron chi connectivity index (χ3n) is 2.28. The van der Waals surface area contributed by atoms with E-state index in [9.17, 15) is 0 Å². The predicted molar refractivity (Wildman–Crippen MR) is 70.8 cm³/mol. The van der Waals surface area contributed by atoms with Gasteiger partial charge in [-0.15, -0.1) is 0 Å². The zero-order chi connectivity index (χ0) is 13.8. The van der Waals surface area contributed by atoms with Crippen molar-refractivity contribution in [1.82, 2.24) is 15.0 Å². The first-order chi connectivity index (χ1) is 9.04. The molecule has 0 spiro atoms. The van der Waals surface area contributed by atoms with Crippen molar-refractivity contribution >= 4 is 11.9 Å². The molecule has 0 aliphatic rings. The van der Waals surface area contributed by atoms with Crippen LogP contribution >= 0.6 is 0 Å². The van der Waals surface area contributed by atoms with Crippen molar-refractivity contribution in [2.24, 2.45) is 0 Å². The van der Waals surface area contributed by atoms with E-state index in [1.165, 1.54) is 0 Å². The quantitative estimate of drug-likeness (QED) is 0.873. The van der Waals surface area contributed by atoms with Crippen LogP contribution in [0.2, 0.25) is 0 Å². The van der Waals surface area contributed by atoms with Crippen LogP contribution in [0, 0.1) is 0 Å². The zero-order valence-corrected chi connectivity index (χ0v) is 11.2. The molecular weight excluding hydrogens is 246 g/mol. The molecule has 0 aromatic carbocycles. The first-order valence-corrected chi connectivity index (χ1v) is 5.96.